The minimum Gasteiger partial charge on any atom is -0.337 e. The second-order valence-electron chi connectivity index (χ2n) is 3.72. The first-order chi connectivity index (χ1) is 6.86. The van der Waals surface area contributed by atoms with Crippen LogP contribution in [0.15, 0.2) is 12.5 Å². The van der Waals surface area contributed by atoms with E-state index >= 15 is 0 Å². The summed E-state index contributed by atoms with van der Waals surface area (Å²) in [6, 6.07) is 0. The van der Waals surface area contributed by atoms with E-state index in [2.05, 4.69) is 16.5 Å². The van der Waals surface area contributed by atoms with E-state index in [4.69, 9.17) is 5.73 Å². The number of hydrogen-bond acceptors (Lipinski definition) is 2. The normalized spacial score (nSPS) is 10.7. The number of nitrogens with zero attached hydrogens (tertiary/aromatic N) is 2. The zero-order chi connectivity index (χ0) is 10.2. The van der Waals surface area contributed by atoms with Gasteiger partial charge >= 0.3 is 0 Å². The van der Waals surface area contributed by atoms with Crippen molar-refractivity contribution in [1.82, 2.24) is 9.55 Å². The molecule has 80 valence electrons. The van der Waals surface area contributed by atoms with Gasteiger partial charge in [-0.25, -0.2) is 4.98 Å². The number of nitrogens with two attached hydrogens (primary N) is 1. The van der Waals surface area contributed by atoms with Crippen LogP contribution in [0.25, 0.3) is 0 Å². The SMILES string of the molecule is CCCCCCCn1cnc(CN)c1. The molecule has 0 saturated carbocycles. The van der Waals surface area contributed by atoms with Crippen molar-refractivity contribution >= 4 is 0 Å². The predicted molar refractivity (Wildman–Crippen MR) is 58.9 cm³/mol. The van der Waals surface area contributed by atoms with E-state index in [-0.39, 0.29) is 0 Å². The van der Waals surface area contributed by atoms with Crippen molar-refractivity contribution in [2.45, 2.75) is 52.1 Å². The molecule has 2 N–H and O–H groups in total. The summed E-state index contributed by atoms with van der Waals surface area (Å²) in [5.74, 6) is 0. The lowest BCUT2D eigenvalue weighted by atomic mass is 10.1. The van der Waals surface area contributed by atoms with Gasteiger partial charge in [-0.2, -0.15) is 0 Å². The highest BCUT2D eigenvalue weighted by molar-refractivity contribution is 4.95. The van der Waals surface area contributed by atoms with Crippen LogP contribution in [0.3, 0.4) is 0 Å². The molecule has 1 heterocycles. The number of aryl methyl sites for hydroxylation is 1. The maximum Gasteiger partial charge on any atom is 0.0949 e. The van der Waals surface area contributed by atoms with Crippen LogP contribution < -0.4 is 5.73 Å². The van der Waals surface area contributed by atoms with Crippen LogP contribution in [0.5, 0.6) is 0 Å². The fourth-order valence-electron chi connectivity index (χ4n) is 1.53. The molecule has 0 aromatic carbocycles. The maximum atomic E-state index is 5.48. The molecule has 0 aliphatic carbocycles. The summed E-state index contributed by atoms with van der Waals surface area (Å²) in [6.45, 7) is 3.86. The predicted octanol–water partition coefficient (Wildman–Crippen LogP) is 2.31. The van der Waals surface area contributed by atoms with Crippen molar-refractivity contribution in [3.05, 3.63) is 18.2 Å². The van der Waals surface area contributed by atoms with Crippen LogP contribution >= 0.6 is 0 Å². The number of hydrogen-bond donors (Lipinski definition) is 1. The Morgan fingerprint density at radius 2 is 2.07 bits per heavy atom. The highest BCUT2D eigenvalue weighted by atomic mass is 15.0. The second kappa shape index (κ2) is 6.60. The quantitative estimate of drug-likeness (QED) is 0.678. The Bertz CT molecular complexity index is 242. The van der Waals surface area contributed by atoms with Crippen LogP contribution in [-0.2, 0) is 13.1 Å². The van der Waals surface area contributed by atoms with Gasteiger partial charge in [0, 0.05) is 19.3 Å². The van der Waals surface area contributed by atoms with Crippen molar-refractivity contribution in [1.29, 1.82) is 0 Å². The molecule has 0 radical (unpaired) electrons. The first-order valence-electron chi connectivity index (χ1n) is 5.57. The molecule has 0 saturated heterocycles. The zero-order valence-corrected chi connectivity index (χ0v) is 9.08. The van der Waals surface area contributed by atoms with Crippen LogP contribution in [-0.4, -0.2) is 9.55 Å². The average molecular weight is 195 g/mol. The van der Waals surface area contributed by atoms with Gasteiger partial charge in [-0.05, 0) is 6.42 Å². The topological polar surface area (TPSA) is 43.8 Å². The minimum absolute atomic E-state index is 0.544. The molecule has 0 fully saturated rings. The Balaban J connectivity index is 2.12. The Hall–Kier alpha value is -0.830. The summed E-state index contributed by atoms with van der Waals surface area (Å²) in [5.41, 5.74) is 6.47. The lowest BCUT2D eigenvalue weighted by Crippen LogP contribution is -1.97. The first kappa shape index (κ1) is 11.2. The lowest BCUT2D eigenvalue weighted by molar-refractivity contribution is 0.568. The number of unbranched alkanes of at least 4 members (excludes halogenated alkanes) is 4. The molecule has 1 rings (SSSR count). The summed E-state index contributed by atoms with van der Waals surface area (Å²) in [7, 11) is 0. The molecule has 3 nitrogen and oxygen atoms in total. The monoisotopic (exact) mass is 195 g/mol. The summed E-state index contributed by atoms with van der Waals surface area (Å²) in [4.78, 5) is 4.19. The van der Waals surface area contributed by atoms with E-state index in [9.17, 15) is 0 Å². The summed E-state index contributed by atoms with van der Waals surface area (Å²) in [6.07, 6.45) is 10.5. The molecule has 0 amide bonds. The Labute approximate surface area is 86.3 Å². The van der Waals surface area contributed by atoms with Gasteiger partial charge < -0.3 is 10.3 Å². The number of rotatable bonds is 7. The maximum absolute atomic E-state index is 5.48. The van der Waals surface area contributed by atoms with Gasteiger partial charge in [-0.3, -0.25) is 0 Å². The third kappa shape index (κ3) is 3.92. The Morgan fingerprint density at radius 1 is 1.29 bits per heavy atom. The molecule has 1 aromatic rings. The van der Waals surface area contributed by atoms with Crippen molar-refractivity contribution < 1.29 is 0 Å². The fourth-order valence-corrected chi connectivity index (χ4v) is 1.53. The standard InChI is InChI=1S/C11H21N3/c1-2-3-4-5-6-7-14-9-11(8-12)13-10-14/h9-10H,2-8,12H2,1H3. The first-order valence-corrected chi connectivity index (χ1v) is 5.57. The summed E-state index contributed by atoms with van der Waals surface area (Å²) in [5, 5.41) is 0. The summed E-state index contributed by atoms with van der Waals surface area (Å²) < 4.78 is 2.13. The molecule has 14 heavy (non-hydrogen) atoms. The third-order valence-electron chi connectivity index (χ3n) is 2.42. The fraction of sp³-hybridized carbons (Fsp3) is 0.727. The van der Waals surface area contributed by atoms with Gasteiger partial charge in [0.2, 0.25) is 0 Å². The third-order valence-corrected chi connectivity index (χ3v) is 2.42. The second-order valence-corrected chi connectivity index (χ2v) is 3.72. The Kier molecular flexibility index (Phi) is 5.30. The van der Waals surface area contributed by atoms with Crippen molar-refractivity contribution in [3.8, 4) is 0 Å². The molecule has 0 atom stereocenters. The zero-order valence-electron chi connectivity index (χ0n) is 9.08. The van der Waals surface area contributed by atoms with E-state index in [1.807, 2.05) is 12.5 Å². The van der Waals surface area contributed by atoms with Gasteiger partial charge in [-0.1, -0.05) is 32.6 Å². The van der Waals surface area contributed by atoms with Crippen LogP contribution in [0.1, 0.15) is 44.7 Å². The van der Waals surface area contributed by atoms with Crippen molar-refractivity contribution in [2.75, 3.05) is 0 Å². The average Bonchev–Trinajstić information content (AvgIpc) is 2.65. The lowest BCUT2D eigenvalue weighted by Gasteiger charge is -2.01. The van der Waals surface area contributed by atoms with E-state index in [1.54, 1.807) is 0 Å². The molecule has 0 unspecified atom stereocenters. The molecule has 0 spiro atoms. The molecular formula is C11H21N3. The highest BCUT2D eigenvalue weighted by Crippen LogP contribution is 2.04. The molecule has 0 bridgehead atoms. The minimum atomic E-state index is 0.544. The highest BCUT2D eigenvalue weighted by Gasteiger charge is 1.95. The molecule has 0 aliphatic rings. The van der Waals surface area contributed by atoms with Crippen LogP contribution in [0.2, 0.25) is 0 Å². The number of imidazole rings is 1. The largest absolute Gasteiger partial charge is 0.337 e. The molecule has 1 aromatic heterocycles. The smallest absolute Gasteiger partial charge is 0.0949 e. The van der Waals surface area contributed by atoms with Crippen molar-refractivity contribution in [2.24, 2.45) is 5.73 Å². The van der Waals surface area contributed by atoms with Gasteiger partial charge in [0.15, 0.2) is 0 Å². The molecular weight excluding hydrogens is 174 g/mol. The van der Waals surface area contributed by atoms with E-state index in [1.165, 1.54) is 32.1 Å². The van der Waals surface area contributed by atoms with E-state index in [0.717, 1.165) is 12.2 Å². The van der Waals surface area contributed by atoms with E-state index < -0.39 is 0 Å². The summed E-state index contributed by atoms with van der Waals surface area (Å²) >= 11 is 0. The van der Waals surface area contributed by atoms with Crippen molar-refractivity contribution in [3.63, 3.8) is 0 Å². The van der Waals surface area contributed by atoms with Crippen LogP contribution in [0, 0.1) is 0 Å². The van der Waals surface area contributed by atoms with Gasteiger partial charge in [0.05, 0.1) is 12.0 Å². The molecule has 0 aliphatic heterocycles. The van der Waals surface area contributed by atoms with Gasteiger partial charge in [0.1, 0.15) is 0 Å². The van der Waals surface area contributed by atoms with Crippen LogP contribution in [0.4, 0.5) is 0 Å². The Morgan fingerprint density at radius 3 is 2.71 bits per heavy atom. The molecule has 3 heteroatoms. The van der Waals surface area contributed by atoms with Gasteiger partial charge in [0.25, 0.3) is 0 Å². The van der Waals surface area contributed by atoms with E-state index in [0.29, 0.717) is 6.54 Å². The van der Waals surface area contributed by atoms with Gasteiger partial charge in [-0.15, -0.1) is 0 Å². The number of aromatic nitrogens is 2.